The lowest BCUT2D eigenvalue weighted by Crippen LogP contribution is -2.38. The van der Waals surface area contributed by atoms with E-state index in [1.807, 2.05) is 11.8 Å². The van der Waals surface area contributed by atoms with Crippen molar-refractivity contribution >= 4 is 40.6 Å². The van der Waals surface area contributed by atoms with Gasteiger partial charge in [-0.25, -0.2) is 0 Å². The van der Waals surface area contributed by atoms with Crippen molar-refractivity contribution in [2.24, 2.45) is 0 Å². The van der Waals surface area contributed by atoms with Crippen molar-refractivity contribution in [2.45, 2.75) is 0 Å². The van der Waals surface area contributed by atoms with Crippen LogP contribution >= 0.6 is 23.4 Å². The molecule has 1 aliphatic rings. The number of nitrogens with zero attached hydrogens (tertiary/aromatic N) is 1. The zero-order valence-electron chi connectivity index (χ0n) is 9.99. The molecule has 0 saturated carbocycles. The quantitative estimate of drug-likeness (QED) is 0.833. The smallest absolute Gasteiger partial charge is 0.238 e. The molecule has 0 radical (unpaired) electrons. The lowest BCUT2D eigenvalue weighted by atomic mass is 10.2. The molecule has 1 fully saturated rings. The van der Waals surface area contributed by atoms with Gasteiger partial charge in [0.1, 0.15) is 0 Å². The summed E-state index contributed by atoms with van der Waals surface area (Å²) in [5.41, 5.74) is 6.89. The molecule has 0 atom stereocenters. The fourth-order valence-electron chi connectivity index (χ4n) is 1.79. The van der Waals surface area contributed by atoms with Gasteiger partial charge in [0.25, 0.3) is 0 Å². The number of anilines is 2. The van der Waals surface area contributed by atoms with Crippen LogP contribution in [0.2, 0.25) is 5.02 Å². The molecule has 1 aromatic carbocycles. The fourth-order valence-corrected chi connectivity index (χ4v) is 2.94. The number of hydrogen-bond acceptors (Lipinski definition) is 4. The summed E-state index contributed by atoms with van der Waals surface area (Å²) in [5.74, 6) is 2.13. The first-order valence-electron chi connectivity index (χ1n) is 5.80. The van der Waals surface area contributed by atoms with Gasteiger partial charge in [-0.3, -0.25) is 9.69 Å². The van der Waals surface area contributed by atoms with Gasteiger partial charge in [0.05, 0.1) is 17.9 Å². The van der Waals surface area contributed by atoms with Crippen LogP contribution < -0.4 is 11.1 Å². The molecular weight excluding hydrogens is 270 g/mol. The van der Waals surface area contributed by atoms with Crippen molar-refractivity contribution in [3.63, 3.8) is 0 Å². The number of hydrogen-bond donors (Lipinski definition) is 2. The van der Waals surface area contributed by atoms with E-state index in [-0.39, 0.29) is 5.91 Å². The Kier molecular flexibility index (Phi) is 4.74. The van der Waals surface area contributed by atoms with Crippen molar-refractivity contribution < 1.29 is 4.79 Å². The van der Waals surface area contributed by atoms with Crippen LogP contribution in [0.25, 0.3) is 0 Å². The number of amides is 1. The standard InChI is InChI=1S/C12H16ClN3OS/c13-9-1-2-10(14)11(7-9)15-12(17)8-16-3-5-18-6-4-16/h1-2,7H,3-6,8,14H2,(H,15,17). The first kappa shape index (κ1) is 13.5. The van der Waals surface area contributed by atoms with E-state index in [9.17, 15) is 4.79 Å². The van der Waals surface area contributed by atoms with Crippen LogP contribution in [0.5, 0.6) is 0 Å². The monoisotopic (exact) mass is 285 g/mol. The van der Waals surface area contributed by atoms with Crippen LogP contribution in [-0.2, 0) is 4.79 Å². The Balaban J connectivity index is 1.92. The van der Waals surface area contributed by atoms with Crippen molar-refractivity contribution in [2.75, 3.05) is 42.2 Å². The van der Waals surface area contributed by atoms with Gasteiger partial charge in [0.15, 0.2) is 0 Å². The Morgan fingerprint density at radius 2 is 2.17 bits per heavy atom. The summed E-state index contributed by atoms with van der Waals surface area (Å²) >= 11 is 7.80. The highest BCUT2D eigenvalue weighted by Gasteiger charge is 2.14. The molecule has 3 N–H and O–H groups in total. The molecule has 2 rings (SSSR count). The molecule has 6 heteroatoms. The molecule has 1 aromatic rings. The lowest BCUT2D eigenvalue weighted by molar-refractivity contribution is -0.117. The average Bonchev–Trinajstić information content (AvgIpc) is 2.35. The molecule has 0 aliphatic carbocycles. The Morgan fingerprint density at radius 3 is 2.89 bits per heavy atom. The molecule has 1 saturated heterocycles. The zero-order valence-corrected chi connectivity index (χ0v) is 11.6. The third-order valence-corrected chi connectivity index (χ3v) is 3.94. The van der Waals surface area contributed by atoms with E-state index < -0.39 is 0 Å². The SMILES string of the molecule is Nc1ccc(Cl)cc1NC(=O)CN1CCSCC1. The first-order valence-corrected chi connectivity index (χ1v) is 7.33. The molecule has 0 aromatic heterocycles. The van der Waals surface area contributed by atoms with Gasteiger partial charge in [-0.05, 0) is 18.2 Å². The number of rotatable bonds is 3. The third kappa shape index (κ3) is 3.80. The summed E-state index contributed by atoms with van der Waals surface area (Å²) in [6.45, 7) is 2.33. The van der Waals surface area contributed by atoms with Gasteiger partial charge in [-0.2, -0.15) is 11.8 Å². The van der Waals surface area contributed by atoms with E-state index in [4.69, 9.17) is 17.3 Å². The molecule has 4 nitrogen and oxygen atoms in total. The second-order valence-corrected chi connectivity index (χ2v) is 5.83. The van der Waals surface area contributed by atoms with Crippen molar-refractivity contribution in [1.82, 2.24) is 4.90 Å². The van der Waals surface area contributed by atoms with Crippen molar-refractivity contribution in [3.05, 3.63) is 23.2 Å². The molecule has 1 amide bonds. The number of halogens is 1. The van der Waals surface area contributed by atoms with E-state index in [2.05, 4.69) is 10.2 Å². The van der Waals surface area contributed by atoms with Crippen LogP contribution in [0, 0.1) is 0 Å². The summed E-state index contributed by atoms with van der Waals surface area (Å²) in [7, 11) is 0. The molecule has 98 valence electrons. The number of carbonyl (C=O) groups is 1. The highest BCUT2D eigenvalue weighted by molar-refractivity contribution is 7.99. The van der Waals surface area contributed by atoms with E-state index >= 15 is 0 Å². The number of nitrogen functional groups attached to an aromatic ring is 1. The number of carbonyl (C=O) groups excluding carboxylic acids is 1. The Hall–Kier alpha value is -0.910. The van der Waals surface area contributed by atoms with Gasteiger partial charge in [0.2, 0.25) is 5.91 Å². The van der Waals surface area contributed by atoms with Gasteiger partial charge < -0.3 is 11.1 Å². The van der Waals surface area contributed by atoms with E-state index in [1.54, 1.807) is 18.2 Å². The summed E-state index contributed by atoms with van der Waals surface area (Å²) in [5, 5.41) is 3.37. The van der Waals surface area contributed by atoms with Crippen LogP contribution in [0.3, 0.4) is 0 Å². The normalized spacial score (nSPS) is 16.5. The van der Waals surface area contributed by atoms with E-state index in [0.29, 0.717) is 22.9 Å². The summed E-state index contributed by atoms with van der Waals surface area (Å²) in [4.78, 5) is 14.0. The average molecular weight is 286 g/mol. The summed E-state index contributed by atoms with van der Waals surface area (Å²) < 4.78 is 0. The van der Waals surface area contributed by atoms with Crippen LogP contribution in [0.15, 0.2) is 18.2 Å². The number of thioether (sulfide) groups is 1. The van der Waals surface area contributed by atoms with Gasteiger partial charge >= 0.3 is 0 Å². The minimum Gasteiger partial charge on any atom is -0.397 e. The predicted octanol–water partition coefficient (Wildman–Crippen LogP) is 1.91. The Labute approximate surface area is 116 Å². The Bertz CT molecular complexity index is 435. The number of benzene rings is 1. The molecule has 18 heavy (non-hydrogen) atoms. The highest BCUT2D eigenvalue weighted by Crippen LogP contribution is 2.22. The molecule has 1 aliphatic heterocycles. The molecule has 1 heterocycles. The molecule has 0 bridgehead atoms. The van der Waals surface area contributed by atoms with E-state index in [0.717, 1.165) is 24.6 Å². The predicted molar refractivity (Wildman–Crippen MR) is 78.3 cm³/mol. The van der Waals surface area contributed by atoms with Gasteiger partial charge in [-0.1, -0.05) is 11.6 Å². The maximum Gasteiger partial charge on any atom is 0.238 e. The summed E-state index contributed by atoms with van der Waals surface area (Å²) in [6.07, 6.45) is 0. The fraction of sp³-hybridized carbons (Fsp3) is 0.417. The van der Waals surface area contributed by atoms with Crippen molar-refractivity contribution in [1.29, 1.82) is 0 Å². The Morgan fingerprint density at radius 1 is 1.44 bits per heavy atom. The van der Waals surface area contributed by atoms with E-state index in [1.165, 1.54) is 0 Å². The maximum absolute atomic E-state index is 11.9. The van der Waals surface area contributed by atoms with Gasteiger partial charge in [0, 0.05) is 29.6 Å². The maximum atomic E-state index is 11.9. The molecule has 0 spiro atoms. The van der Waals surface area contributed by atoms with Gasteiger partial charge in [-0.15, -0.1) is 0 Å². The molecular formula is C12H16ClN3OS. The molecule has 0 unspecified atom stereocenters. The highest BCUT2D eigenvalue weighted by atomic mass is 35.5. The second kappa shape index (κ2) is 6.31. The third-order valence-electron chi connectivity index (χ3n) is 2.76. The topological polar surface area (TPSA) is 58.4 Å². The van der Waals surface area contributed by atoms with Crippen LogP contribution in [0.4, 0.5) is 11.4 Å². The minimum absolute atomic E-state index is 0.0455. The second-order valence-electron chi connectivity index (χ2n) is 4.17. The number of nitrogens with two attached hydrogens (primary N) is 1. The van der Waals surface area contributed by atoms with Crippen LogP contribution in [-0.4, -0.2) is 41.9 Å². The lowest BCUT2D eigenvalue weighted by Gasteiger charge is -2.25. The largest absolute Gasteiger partial charge is 0.397 e. The zero-order chi connectivity index (χ0) is 13.0. The minimum atomic E-state index is -0.0455. The van der Waals surface area contributed by atoms with Crippen LogP contribution in [0.1, 0.15) is 0 Å². The summed E-state index contributed by atoms with van der Waals surface area (Å²) in [6, 6.07) is 5.06. The van der Waals surface area contributed by atoms with Crippen molar-refractivity contribution in [3.8, 4) is 0 Å². The number of nitrogens with one attached hydrogen (secondary N) is 1. The first-order chi connectivity index (χ1) is 8.65.